The number of hydrogen-bond donors (Lipinski definition) is 1. The minimum atomic E-state index is -3.74. The predicted octanol–water partition coefficient (Wildman–Crippen LogP) is 2.11. The zero-order chi connectivity index (χ0) is 14.8. The molecule has 0 aliphatic carbocycles. The Morgan fingerprint density at radius 1 is 1.40 bits per heavy atom. The average Bonchev–Trinajstić information content (AvgIpc) is 2.39. The van der Waals surface area contributed by atoms with Gasteiger partial charge in [-0.05, 0) is 44.5 Å². The van der Waals surface area contributed by atoms with Crippen LogP contribution in [0.5, 0.6) is 0 Å². The van der Waals surface area contributed by atoms with Crippen molar-refractivity contribution in [1.29, 1.82) is 0 Å². The van der Waals surface area contributed by atoms with Crippen LogP contribution in [0.4, 0.5) is 4.39 Å². The molecule has 1 aromatic carbocycles. The minimum absolute atomic E-state index is 0.0647. The summed E-state index contributed by atoms with van der Waals surface area (Å²) in [6.07, 6.45) is 2.69. The van der Waals surface area contributed by atoms with E-state index in [1.807, 2.05) is 6.92 Å². The van der Waals surface area contributed by atoms with Crippen molar-refractivity contribution in [3.05, 3.63) is 29.6 Å². The van der Waals surface area contributed by atoms with Crippen molar-refractivity contribution in [2.75, 3.05) is 13.6 Å². The number of piperidine rings is 1. The zero-order valence-corrected chi connectivity index (χ0v) is 12.7. The Hall–Kier alpha value is -0.980. The van der Waals surface area contributed by atoms with E-state index >= 15 is 0 Å². The van der Waals surface area contributed by atoms with Crippen molar-refractivity contribution in [3.63, 3.8) is 0 Å². The molecule has 0 saturated carbocycles. The fraction of sp³-hybridized carbons (Fsp3) is 0.571. The van der Waals surface area contributed by atoms with Gasteiger partial charge in [0.1, 0.15) is 10.7 Å². The van der Waals surface area contributed by atoms with Gasteiger partial charge in [-0.25, -0.2) is 12.8 Å². The highest BCUT2D eigenvalue weighted by Gasteiger charge is 2.32. The lowest BCUT2D eigenvalue weighted by Gasteiger charge is -2.32. The molecular weight excluding hydrogens is 279 g/mol. The average molecular weight is 300 g/mol. The quantitative estimate of drug-likeness (QED) is 0.926. The molecule has 1 fully saturated rings. The smallest absolute Gasteiger partial charge is 0.246 e. The third kappa shape index (κ3) is 3.02. The predicted molar refractivity (Wildman–Crippen MR) is 76.4 cm³/mol. The van der Waals surface area contributed by atoms with Crippen molar-refractivity contribution in [3.8, 4) is 0 Å². The summed E-state index contributed by atoms with van der Waals surface area (Å²) in [5.41, 5.74) is 0.732. The van der Waals surface area contributed by atoms with E-state index in [4.69, 9.17) is 0 Å². The fourth-order valence-electron chi connectivity index (χ4n) is 2.62. The highest BCUT2D eigenvalue weighted by atomic mass is 32.2. The van der Waals surface area contributed by atoms with Gasteiger partial charge in [-0.3, -0.25) is 0 Å². The third-order valence-corrected chi connectivity index (χ3v) is 5.75. The molecule has 0 amide bonds. The summed E-state index contributed by atoms with van der Waals surface area (Å²) in [7, 11) is -1.97. The molecule has 0 aromatic heterocycles. The molecule has 1 aromatic rings. The maximum absolute atomic E-state index is 14.1. The summed E-state index contributed by atoms with van der Waals surface area (Å²) in [5.74, 6) is -0.671. The summed E-state index contributed by atoms with van der Waals surface area (Å²) in [6.45, 7) is 2.86. The highest BCUT2D eigenvalue weighted by molar-refractivity contribution is 7.89. The van der Waals surface area contributed by atoms with Crippen LogP contribution in [0.25, 0.3) is 0 Å². The Bertz CT molecular complexity index is 575. The standard InChI is InChI=1S/C14H21FN2O2S/c1-11-5-3-4-8-17(11)20(18,19)14-7-6-12(10-16-2)9-13(14)15/h6-7,9,11,16H,3-5,8,10H2,1-2H3. The highest BCUT2D eigenvalue weighted by Crippen LogP contribution is 2.27. The van der Waals surface area contributed by atoms with E-state index in [1.165, 1.54) is 16.4 Å². The number of benzene rings is 1. The van der Waals surface area contributed by atoms with Gasteiger partial charge in [0.05, 0.1) is 0 Å². The fourth-order valence-corrected chi connectivity index (χ4v) is 4.37. The van der Waals surface area contributed by atoms with Crippen molar-refractivity contribution in [2.45, 2.75) is 43.7 Å². The molecule has 1 N–H and O–H groups in total. The van der Waals surface area contributed by atoms with Gasteiger partial charge in [0, 0.05) is 19.1 Å². The topological polar surface area (TPSA) is 49.4 Å². The second kappa shape index (κ2) is 6.20. The lowest BCUT2D eigenvalue weighted by molar-refractivity contribution is 0.268. The number of rotatable bonds is 4. The summed E-state index contributed by atoms with van der Waals surface area (Å²) < 4.78 is 40.7. The Morgan fingerprint density at radius 2 is 2.15 bits per heavy atom. The molecule has 1 heterocycles. The van der Waals surface area contributed by atoms with Crippen molar-refractivity contribution in [2.24, 2.45) is 0 Å². The van der Waals surface area contributed by atoms with Gasteiger partial charge in [0.15, 0.2) is 0 Å². The van der Waals surface area contributed by atoms with E-state index in [-0.39, 0.29) is 10.9 Å². The summed E-state index contributed by atoms with van der Waals surface area (Å²) in [5, 5.41) is 2.91. The molecule has 1 unspecified atom stereocenters. The lowest BCUT2D eigenvalue weighted by atomic mass is 10.1. The molecular formula is C14H21FN2O2S. The van der Waals surface area contributed by atoms with Gasteiger partial charge in [0.2, 0.25) is 10.0 Å². The Labute approximate surface area is 120 Å². The Kier molecular flexibility index (Phi) is 4.78. The number of halogens is 1. The van der Waals surface area contributed by atoms with Gasteiger partial charge < -0.3 is 5.32 Å². The van der Waals surface area contributed by atoms with Crippen LogP contribution in [0.1, 0.15) is 31.7 Å². The SMILES string of the molecule is CNCc1ccc(S(=O)(=O)N2CCCCC2C)c(F)c1. The van der Waals surface area contributed by atoms with Gasteiger partial charge in [-0.2, -0.15) is 4.31 Å². The number of nitrogens with zero attached hydrogens (tertiary/aromatic N) is 1. The van der Waals surface area contributed by atoms with Crippen LogP contribution in [0.2, 0.25) is 0 Å². The molecule has 0 radical (unpaired) electrons. The number of nitrogens with one attached hydrogen (secondary N) is 1. The Morgan fingerprint density at radius 3 is 2.75 bits per heavy atom. The van der Waals surface area contributed by atoms with E-state index in [0.29, 0.717) is 13.1 Å². The molecule has 0 bridgehead atoms. The van der Waals surface area contributed by atoms with Gasteiger partial charge in [0.25, 0.3) is 0 Å². The van der Waals surface area contributed by atoms with Crippen LogP contribution in [-0.2, 0) is 16.6 Å². The van der Waals surface area contributed by atoms with Crippen LogP contribution in [-0.4, -0.2) is 32.4 Å². The number of sulfonamides is 1. The summed E-state index contributed by atoms with van der Waals surface area (Å²) >= 11 is 0. The van der Waals surface area contributed by atoms with Gasteiger partial charge >= 0.3 is 0 Å². The van der Waals surface area contributed by atoms with Gasteiger partial charge in [-0.15, -0.1) is 0 Å². The maximum Gasteiger partial charge on any atom is 0.246 e. The first-order valence-electron chi connectivity index (χ1n) is 6.91. The first-order chi connectivity index (χ1) is 9.46. The normalized spacial score (nSPS) is 21.1. The Balaban J connectivity index is 2.34. The lowest BCUT2D eigenvalue weighted by Crippen LogP contribution is -2.42. The summed E-state index contributed by atoms with van der Waals surface area (Å²) in [6, 6.07) is 4.25. The van der Waals surface area contributed by atoms with Crippen LogP contribution >= 0.6 is 0 Å². The molecule has 112 valence electrons. The van der Waals surface area contributed by atoms with Crippen molar-refractivity contribution < 1.29 is 12.8 Å². The molecule has 1 aliphatic rings. The van der Waals surface area contributed by atoms with E-state index in [2.05, 4.69) is 5.32 Å². The van der Waals surface area contributed by atoms with Gasteiger partial charge in [-0.1, -0.05) is 12.5 Å². The van der Waals surface area contributed by atoms with Crippen LogP contribution in [0, 0.1) is 5.82 Å². The van der Waals surface area contributed by atoms with E-state index in [9.17, 15) is 12.8 Å². The third-order valence-electron chi connectivity index (χ3n) is 3.71. The minimum Gasteiger partial charge on any atom is -0.316 e. The van der Waals surface area contributed by atoms with Crippen LogP contribution < -0.4 is 5.32 Å². The van der Waals surface area contributed by atoms with Crippen molar-refractivity contribution in [1.82, 2.24) is 9.62 Å². The second-order valence-electron chi connectivity index (χ2n) is 5.26. The molecule has 1 saturated heterocycles. The largest absolute Gasteiger partial charge is 0.316 e. The van der Waals surface area contributed by atoms with E-state index in [1.54, 1.807) is 13.1 Å². The maximum atomic E-state index is 14.1. The second-order valence-corrected chi connectivity index (χ2v) is 7.11. The molecule has 6 heteroatoms. The molecule has 1 atom stereocenters. The van der Waals surface area contributed by atoms with Crippen molar-refractivity contribution >= 4 is 10.0 Å². The molecule has 1 aliphatic heterocycles. The zero-order valence-electron chi connectivity index (χ0n) is 11.9. The monoisotopic (exact) mass is 300 g/mol. The first kappa shape index (κ1) is 15.4. The van der Waals surface area contributed by atoms with Crippen LogP contribution in [0.3, 0.4) is 0 Å². The first-order valence-corrected chi connectivity index (χ1v) is 8.35. The molecule has 20 heavy (non-hydrogen) atoms. The summed E-state index contributed by atoms with van der Waals surface area (Å²) in [4.78, 5) is -0.217. The van der Waals surface area contributed by atoms with E-state index < -0.39 is 15.8 Å². The van der Waals surface area contributed by atoms with E-state index in [0.717, 1.165) is 24.8 Å². The number of hydrogen-bond acceptors (Lipinski definition) is 3. The van der Waals surface area contributed by atoms with Crippen LogP contribution in [0.15, 0.2) is 23.1 Å². The molecule has 0 spiro atoms. The molecule has 2 rings (SSSR count). The molecule has 4 nitrogen and oxygen atoms in total.